The molecule has 2 unspecified atom stereocenters. The minimum absolute atomic E-state index is 0.300. The molecule has 2 atom stereocenters. The van der Waals surface area contributed by atoms with E-state index in [-0.39, 0.29) is 6.61 Å². The predicted molar refractivity (Wildman–Crippen MR) is 103 cm³/mol. The van der Waals surface area contributed by atoms with Gasteiger partial charge in [0.2, 0.25) is 0 Å². The zero-order valence-electron chi connectivity index (χ0n) is 16.4. The van der Waals surface area contributed by atoms with Crippen LogP contribution in [-0.2, 0) is 14.3 Å². The summed E-state index contributed by atoms with van der Waals surface area (Å²) >= 11 is 0. The van der Waals surface area contributed by atoms with Gasteiger partial charge in [-0.1, -0.05) is 18.2 Å². The van der Waals surface area contributed by atoms with Gasteiger partial charge in [-0.2, -0.15) is 0 Å². The van der Waals surface area contributed by atoms with Crippen molar-refractivity contribution in [1.29, 1.82) is 0 Å². The number of carbonyl (C=O) groups is 2. The van der Waals surface area contributed by atoms with E-state index in [9.17, 15) is 14.7 Å². The number of hydrogen-bond donors (Lipinski definition) is 2. The Balaban J connectivity index is 2.04. The van der Waals surface area contributed by atoms with E-state index in [4.69, 9.17) is 14.2 Å². The normalized spacial score (nSPS) is 12.6. The van der Waals surface area contributed by atoms with Gasteiger partial charge in [-0.3, -0.25) is 4.79 Å². The van der Waals surface area contributed by atoms with E-state index >= 15 is 0 Å². The molecule has 0 radical (unpaired) electrons. The largest absolute Gasteiger partial charge is 0.497 e. The molecule has 2 aromatic carbocycles. The average molecular weight is 387 g/mol. The lowest BCUT2D eigenvalue weighted by Crippen LogP contribution is -2.47. The summed E-state index contributed by atoms with van der Waals surface area (Å²) in [6.07, 6.45) is -1.29. The molecule has 0 heterocycles. The van der Waals surface area contributed by atoms with Crippen LogP contribution >= 0.6 is 0 Å². The van der Waals surface area contributed by atoms with Crippen molar-refractivity contribution in [2.75, 3.05) is 20.8 Å². The van der Waals surface area contributed by atoms with Gasteiger partial charge < -0.3 is 24.6 Å². The van der Waals surface area contributed by atoms with Crippen LogP contribution in [0.4, 0.5) is 0 Å². The molecule has 0 saturated heterocycles. The first-order valence-corrected chi connectivity index (χ1v) is 8.75. The molecule has 0 bridgehead atoms. The Morgan fingerprint density at radius 3 is 2.21 bits per heavy atom. The number of amides is 1. The van der Waals surface area contributed by atoms with E-state index < -0.39 is 24.0 Å². The number of esters is 1. The number of methoxy groups -OCH3 is 2. The van der Waals surface area contributed by atoms with Crippen molar-refractivity contribution in [2.45, 2.75) is 26.0 Å². The third-order valence-corrected chi connectivity index (χ3v) is 4.39. The van der Waals surface area contributed by atoms with Gasteiger partial charge in [0, 0.05) is 0 Å². The SMILES string of the molecule is COC(=O)C(NC(=O)COc1ccc(C)c(C)c1)C(O)c1ccc(OC)cc1. The summed E-state index contributed by atoms with van der Waals surface area (Å²) in [5.74, 6) is -0.163. The molecule has 7 heteroatoms. The zero-order chi connectivity index (χ0) is 20.7. The number of rotatable bonds is 8. The number of hydrogen-bond acceptors (Lipinski definition) is 6. The van der Waals surface area contributed by atoms with Crippen LogP contribution in [0.2, 0.25) is 0 Å². The third kappa shape index (κ3) is 5.47. The number of ether oxygens (including phenoxy) is 3. The molecule has 0 aliphatic heterocycles. The Hall–Kier alpha value is -3.06. The van der Waals surface area contributed by atoms with E-state index in [2.05, 4.69) is 5.32 Å². The van der Waals surface area contributed by atoms with Crippen LogP contribution in [0.25, 0.3) is 0 Å². The van der Waals surface area contributed by atoms with Crippen LogP contribution in [0.5, 0.6) is 11.5 Å². The maximum atomic E-state index is 12.3. The summed E-state index contributed by atoms with van der Waals surface area (Å²) in [6.45, 7) is 3.62. The molecule has 150 valence electrons. The van der Waals surface area contributed by atoms with Crippen molar-refractivity contribution in [1.82, 2.24) is 5.32 Å². The second-order valence-electron chi connectivity index (χ2n) is 6.32. The number of aliphatic hydroxyl groups excluding tert-OH is 1. The number of nitrogens with one attached hydrogen (secondary N) is 1. The van der Waals surface area contributed by atoms with E-state index in [1.807, 2.05) is 26.0 Å². The summed E-state index contributed by atoms with van der Waals surface area (Å²) in [6, 6.07) is 10.7. The Kier molecular flexibility index (Phi) is 7.40. The first-order chi connectivity index (χ1) is 13.3. The smallest absolute Gasteiger partial charge is 0.331 e. The second-order valence-corrected chi connectivity index (χ2v) is 6.32. The zero-order valence-corrected chi connectivity index (χ0v) is 16.4. The maximum Gasteiger partial charge on any atom is 0.331 e. The molecule has 0 saturated carbocycles. The molecule has 0 aliphatic carbocycles. The molecule has 0 spiro atoms. The Morgan fingerprint density at radius 1 is 1.00 bits per heavy atom. The lowest BCUT2D eigenvalue weighted by Gasteiger charge is -2.22. The minimum Gasteiger partial charge on any atom is -0.497 e. The van der Waals surface area contributed by atoms with Crippen molar-refractivity contribution in [3.63, 3.8) is 0 Å². The lowest BCUT2D eigenvalue weighted by molar-refractivity contribution is -0.148. The second kappa shape index (κ2) is 9.75. The van der Waals surface area contributed by atoms with Crippen molar-refractivity contribution < 1.29 is 28.9 Å². The highest BCUT2D eigenvalue weighted by Crippen LogP contribution is 2.21. The molecule has 28 heavy (non-hydrogen) atoms. The van der Waals surface area contributed by atoms with Crippen molar-refractivity contribution >= 4 is 11.9 Å². The molecule has 7 nitrogen and oxygen atoms in total. The van der Waals surface area contributed by atoms with Crippen molar-refractivity contribution in [2.24, 2.45) is 0 Å². The Bertz CT molecular complexity index is 818. The first kappa shape index (κ1) is 21.2. The summed E-state index contributed by atoms with van der Waals surface area (Å²) in [4.78, 5) is 24.3. The highest BCUT2D eigenvalue weighted by atomic mass is 16.5. The van der Waals surface area contributed by atoms with E-state index in [0.717, 1.165) is 11.1 Å². The highest BCUT2D eigenvalue weighted by molar-refractivity contribution is 5.85. The van der Waals surface area contributed by atoms with Gasteiger partial charge in [0.1, 0.15) is 17.6 Å². The van der Waals surface area contributed by atoms with Crippen LogP contribution in [0.1, 0.15) is 22.8 Å². The first-order valence-electron chi connectivity index (χ1n) is 8.75. The van der Waals surface area contributed by atoms with Gasteiger partial charge in [-0.25, -0.2) is 4.79 Å². The maximum absolute atomic E-state index is 12.3. The monoisotopic (exact) mass is 387 g/mol. The minimum atomic E-state index is -1.29. The average Bonchev–Trinajstić information content (AvgIpc) is 2.71. The summed E-state index contributed by atoms with van der Waals surface area (Å²) in [5, 5.41) is 13.0. The van der Waals surface area contributed by atoms with Crippen LogP contribution < -0.4 is 14.8 Å². The predicted octanol–water partition coefficient (Wildman–Crippen LogP) is 2.08. The quantitative estimate of drug-likeness (QED) is 0.674. The fraction of sp³-hybridized carbons (Fsp3) is 0.333. The molecule has 2 N–H and O–H groups in total. The van der Waals surface area contributed by atoms with Gasteiger partial charge in [0.05, 0.1) is 14.2 Å². The van der Waals surface area contributed by atoms with E-state index in [1.54, 1.807) is 30.3 Å². The third-order valence-electron chi connectivity index (χ3n) is 4.39. The topological polar surface area (TPSA) is 94.1 Å². The number of carbonyl (C=O) groups excluding carboxylic acids is 2. The lowest BCUT2D eigenvalue weighted by atomic mass is 10.0. The standard InChI is InChI=1S/C21H25NO6/c1-13-5-8-17(11-14(13)2)28-12-18(23)22-19(21(25)27-4)20(24)15-6-9-16(26-3)10-7-15/h5-11,19-20,24H,12H2,1-4H3,(H,22,23). The van der Waals surface area contributed by atoms with Crippen molar-refractivity contribution in [3.05, 3.63) is 59.2 Å². The number of benzene rings is 2. The van der Waals surface area contributed by atoms with E-state index in [0.29, 0.717) is 17.1 Å². The van der Waals surface area contributed by atoms with Crippen LogP contribution in [0.15, 0.2) is 42.5 Å². The fourth-order valence-electron chi connectivity index (χ4n) is 2.55. The molecule has 0 fully saturated rings. The summed E-state index contributed by atoms with van der Waals surface area (Å²) in [5.41, 5.74) is 2.59. The summed E-state index contributed by atoms with van der Waals surface area (Å²) < 4.78 is 15.3. The molecule has 1 amide bonds. The van der Waals surface area contributed by atoms with Crippen LogP contribution in [0.3, 0.4) is 0 Å². The molecule has 2 aromatic rings. The van der Waals surface area contributed by atoms with Crippen LogP contribution in [-0.4, -0.2) is 43.9 Å². The Morgan fingerprint density at radius 2 is 1.64 bits per heavy atom. The van der Waals surface area contributed by atoms with E-state index in [1.165, 1.54) is 14.2 Å². The fourth-order valence-corrected chi connectivity index (χ4v) is 2.55. The molecular formula is C21H25NO6. The van der Waals surface area contributed by atoms with Crippen LogP contribution in [0, 0.1) is 13.8 Å². The highest BCUT2D eigenvalue weighted by Gasteiger charge is 2.30. The van der Waals surface area contributed by atoms with Gasteiger partial charge in [-0.05, 0) is 54.8 Å². The number of aryl methyl sites for hydroxylation is 2. The molecular weight excluding hydrogens is 362 g/mol. The van der Waals surface area contributed by atoms with Crippen molar-refractivity contribution in [3.8, 4) is 11.5 Å². The summed E-state index contributed by atoms with van der Waals surface area (Å²) in [7, 11) is 2.71. The van der Waals surface area contributed by atoms with Gasteiger partial charge in [0.15, 0.2) is 12.6 Å². The van der Waals surface area contributed by atoms with Gasteiger partial charge in [-0.15, -0.1) is 0 Å². The number of aliphatic hydroxyl groups is 1. The van der Waals surface area contributed by atoms with Gasteiger partial charge in [0.25, 0.3) is 5.91 Å². The molecule has 0 aromatic heterocycles. The Labute approximate surface area is 164 Å². The molecule has 0 aliphatic rings. The van der Waals surface area contributed by atoms with Gasteiger partial charge >= 0.3 is 5.97 Å². The molecule has 2 rings (SSSR count).